The quantitative estimate of drug-likeness (QED) is 0.266. The number of allylic oxidation sites excluding steroid dienone is 4. The number of carboxylic acids is 1. The summed E-state index contributed by atoms with van der Waals surface area (Å²) in [6.45, 7) is 7.92. The van der Waals surface area contributed by atoms with Gasteiger partial charge in [-0.25, -0.2) is 4.79 Å². The van der Waals surface area contributed by atoms with E-state index in [0.717, 1.165) is 24.8 Å². The summed E-state index contributed by atoms with van der Waals surface area (Å²) in [7, 11) is 0. The van der Waals surface area contributed by atoms with Crippen molar-refractivity contribution in [2.24, 2.45) is 28.6 Å². The monoisotopic (exact) mass is 510 g/mol. The molecule has 4 rings (SSSR count). The van der Waals surface area contributed by atoms with Crippen LogP contribution in [0.4, 0.5) is 0 Å². The van der Waals surface area contributed by atoms with Crippen LogP contribution in [0.2, 0.25) is 0 Å². The molecule has 8 atom stereocenters. The Labute approximate surface area is 212 Å². The number of carbonyl (C=O) groups is 3. The molecule has 0 aromatic carbocycles. The molecule has 0 unspecified atom stereocenters. The second-order valence-corrected chi connectivity index (χ2v) is 12.5. The van der Waals surface area contributed by atoms with Crippen molar-refractivity contribution in [3.05, 3.63) is 23.8 Å². The predicted octanol–water partition coefficient (Wildman–Crippen LogP) is 6.07. The number of unbranched alkanes of at least 4 members (excludes halogenated alkanes) is 2. The predicted molar refractivity (Wildman–Crippen MR) is 132 cm³/mol. The van der Waals surface area contributed by atoms with E-state index in [1.54, 1.807) is 12.2 Å². The van der Waals surface area contributed by atoms with E-state index < -0.39 is 38.6 Å². The molecule has 0 heterocycles. The number of hydrogen-bond donors (Lipinski definition) is 1. The maximum absolute atomic E-state index is 12.9. The van der Waals surface area contributed by atoms with Gasteiger partial charge in [0.2, 0.25) is 5.60 Å². The molecule has 0 bridgehead atoms. The van der Waals surface area contributed by atoms with E-state index in [2.05, 4.69) is 13.8 Å². The van der Waals surface area contributed by atoms with Gasteiger partial charge in [0.25, 0.3) is 0 Å². The Morgan fingerprint density at radius 2 is 1.94 bits per heavy atom. The fourth-order valence-corrected chi connectivity index (χ4v) is 9.16. The van der Waals surface area contributed by atoms with E-state index in [4.69, 9.17) is 27.9 Å². The van der Waals surface area contributed by atoms with Gasteiger partial charge in [0.05, 0.1) is 10.3 Å². The zero-order valence-electron chi connectivity index (χ0n) is 20.5. The third-order valence-corrected chi connectivity index (χ3v) is 11.3. The highest BCUT2D eigenvalue weighted by molar-refractivity contribution is 6.34. The molecule has 1 N–H and O–H groups in total. The highest BCUT2D eigenvalue weighted by atomic mass is 35.5. The van der Waals surface area contributed by atoms with E-state index in [1.165, 1.54) is 0 Å². The first-order valence-corrected chi connectivity index (χ1v) is 13.4. The molecule has 0 aliphatic heterocycles. The number of ketones is 1. The van der Waals surface area contributed by atoms with Crippen LogP contribution in [0, 0.1) is 28.6 Å². The first kappa shape index (κ1) is 25.8. The molecule has 4 aliphatic rings. The van der Waals surface area contributed by atoms with Crippen molar-refractivity contribution in [2.75, 3.05) is 0 Å². The molecule has 188 valence electrons. The van der Waals surface area contributed by atoms with Gasteiger partial charge in [0, 0.05) is 23.2 Å². The topological polar surface area (TPSA) is 80.7 Å². The summed E-state index contributed by atoms with van der Waals surface area (Å²) in [5.74, 6) is -2.09. The van der Waals surface area contributed by atoms with Crippen LogP contribution in [0.15, 0.2) is 23.8 Å². The molecule has 5 nitrogen and oxygen atoms in total. The number of ether oxygens (including phenoxy) is 1. The molecule has 0 radical (unpaired) electrons. The number of hydrogen-bond acceptors (Lipinski definition) is 4. The van der Waals surface area contributed by atoms with Gasteiger partial charge in [-0.1, -0.05) is 52.2 Å². The van der Waals surface area contributed by atoms with Gasteiger partial charge < -0.3 is 9.84 Å². The Balaban J connectivity index is 1.74. The van der Waals surface area contributed by atoms with Gasteiger partial charge in [0.1, 0.15) is 0 Å². The molecule has 0 aromatic heterocycles. The van der Waals surface area contributed by atoms with Crippen molar-refractivity contribution >= 4 is 40.9 Å². The zero-order chi connectivity index (χ0) is 25.1. The van der Waals surface area contributed by atoms with Gasteiger partial charge in [-0.3, -0.25) is 9.59 Å². The van der Waals surface area contributed by atoms with Gasteiger partial charge in [0.15, 0.2) is 5.78 Å². The van der Waals surface area contributed by atoms with E-state index >= 15 is 0 Å². The van der Waals surface area contributed by atoms with Crippen molar-refractivity contribution in [1.29, 1.82) is 0 Å². The Morgan fingerprint density at radius 1 is 1.24 bits per heavy atom. The van der Waals surface area contributed by atoms with Crippen LogP contribution in [-0.4, -0.2) is 38.7 Å². The summed E-state index contributed by atoms with van der Waals surface area (Å²) in [5.41, 5.74) is -2.08. The minimum Gasteiger partial charge on any atom is -0.478 e. The number of esters is 1. The average Bonchev–Trinajstić information content (AvgIpc) is 2.97. The number of carboxylic acid groups (broad SMARTS) is 1. The number of halogens is 2. The lowest BCUT2D eigenvalue weighted by Gasteiger charge is -2.63. The summed E-state index contributed by atoms with van der Waals surface area (Å²) < 4.78 is 5.99. The number of rotatable bonds is 6. The van der Waals surface area contributed by atoms with Crippen molar-refractivity contribution in [1.82, 2.24) is 0 Å². The standard InChI is InChI=1S/C27H36Cl2O5/c1-5-6-7-8-22(31)34-27(23(32)33)16(2)13-20-19-10-9-17-14-18(30)11-12-24(17,3)26(19,29)21(28)15-25(20,27)4/h11-12,14,16,19-21H,5-10,13,15H2,1-4H3,(H,32,33)/t16-,19-,20-,21-,24-,25-,26-,27-/m0/s1. The van der Waals surface area contributed by atoms with Crippen LogP contribution in [0.1, 0.15) is 79.1 Å². The molecule has 0 amide bonds. The third-order valence-electron chi connectivity index (χ3n) is 9.71. The van der Waals surface area contributed by atoms with Crippen molar-refractivity contribution < 1.29 is 24.2 Å². The first-order valence-electron chi connectivity index (χ1n) is 12.6. The van der Waals surface area contributed by atoms with E-state index in [9.17, 15) is 19.5 Å². The van der Waals surface area contributed by atoms with Gasteiger partial charge >= 0.3 is 11.9 Å². The second kappa shape index (κ2) is 8.65. The Bertz CT molecular complexity index is 959. The van der Waals surface area contributed by atoms with Gasteiger partial charge in [-0.15, -0.1) is 23.2 Å². The Hall–Kier alpha value is -1.33. The molecule has 3 saturated carbocycles. The van der Waals surface area contributed by atoms with Crippen molar-refractivity contribution in [3.8, 4) is 0 Å². The molecule has 34 heavy (non-hydrogen) atoms. The third kappa shape index (κ3) is 3.28. The molecular formula is C27H36Cl2O5. The maximum Gasteiger partial charge on any atom is 0.349 e. The Morgan fingerprint density at radius 3 is 2.59 bits per heavy atom. The Kier molecular flexibility index (Phi) is 6.56. The van der Waals surface area contributed by atoms with E-state index in [0.29, 0.717) is 25.7 Å². The maximum atomic E-state index is 12.9. The summed E-state index contributed by atoms with van der Waals surface area (Å²) >= 11 is 14.7. The van der Waals surface area contributed by atoms with E-state index in [-0.39, 0.29) is 30.0 Å². The molecule has 0 saturated heterocycles. The second-order valence-electron chi connectivity index (χ2n) is 11.3. The smallest absolute Gasteiger partial charge is 0.349 e. The lowest BCUT2D eigenvalue weighted by molar-refractivity contribution is -0.206. The average molecular weight is 511 g/mol. The van der Waals surface area contributed by atoms with Crippen LogP contribution < -0.4 is 0 Å². The largest absolute Gasteiger partial charge is 0.478 e. The van der Waals surface area contributed by atoms with Crippen LogP contribution in [-0.2, 0) is 19.1 Å². The fourth-order valence-electron chi connectivity index (χ4n) is 7.93. The highest BCUT2D eigenvalue weighted by Crippen LogP contribution is 2.72. The number of aliphatic carboxylic acids is 1. The van der Waals surface area contributed by atoms with Crippen molar-refractivity contribution in [3.63, 3.8) is 0 Å². The van der Waals surface area contributed by atoms with Crippen molar-refractivity contribution in [2.45, 2.75) is 94.9 Å². The molecule has 4 aliphatic carbocycles. The molecular weight excluding hydrogens is 475 g/mol. The fraction of sp³-hybridized carbons (Fsp3) is 0.741. The molecule has 0 spiro atoms. The summed E-state index contributed by atoms with van der Waals surface area (Å²) in [6, 6.07) is 0. The highest BCUT2D eigenvalue weighted by Gasteiger charge is 2.76. The van der Waals surface area contributed by atoms with Crippen LogP contribution in [0.25, 0.3) is 0 Å². The first-order chi connectivity index (χ1) is 15.9. The minimum atomic E-state index is -1.64. The van der Waals surface area contributed by atoms with E-state index in [1.807, 2.05) is 19.9 Å². The van der Waals surface area contributed by atoms with Gasteiger partial charge in [-0.2, -0.15) is 0 Å². The zero-order valence-corrected chi connectivity index (χ0v) is 22.0. The van der Waals surface area contributed by atoms with Crippen LogP contribution >= 0.6 is 23.2 Å². The van der Waals surface area contributed by atoms with Crippen LogP contribution in [0.3, 0.4) is 0 Å². The minimum absolute atomic E-state index is 0.0349. The summed E-state index contributed by atoms with van der Waals surface area (Å²) in [6.07, 6.45) is 10.3. The summed E-state index contributed by atoms with van der Waals surface area (Å²) in [5, 5.41) is 10.0. The lowest BCUT2D eigenvalue weighted by Crippen LogP contribution is -2.68. The number of fused-ring (bicyclic) bond motifs is 5. The lowest BCUT2D eigenvalue weighted by atomic mass is 9.46. The summed E-state index contributed by atoms with van der Waals surface area (Å²) in [4.78, 5) is 37.0. The molecule has 3 fully saturated rings. The van der Waals surface area contributed by atoms with Gasteiger partial charge in [-0.05, 0) is 56.1 Å². The van der Waals surface area contributed by atoms with Crippen LogP contribution in [0.5, 0.6) is 0 Å². The molecule has 7 heteroatoms. The normalized spacial score (nSPS) is 45.1. The number of alkyl halides is 2. The SMILES string of the molecule is CCCCCC(=O)O[C@]1(C(=O)O)[C@@H](C)C[C@H]2[C@@H]3CCC4=CC(=O)C=C[C@]4(C)[C@@]3(Cl)[C@@H](Cl)C[C@@]21C. The molecule has 0 aromatic rings. The number of carbonyl (C=O) groups excluding carboxylic acids is 2.